The summed E-state index contributed by atoms with van der Waals surface area (Å²) in [6.07, 6.45) is -0.473. The highest BCUT2D eigenvalue weighted by Crippen LogP contribution is 2.48. The van der Waals surface area contributed by atoms with Crippen LogP contribution >= 0.6 is 0 Å². The minimum Gasteiger partial charge on any atom is -0.507 e. The van der Waals surface area contributed by atoms with Gasteiger partial charge in [0.25, 0.3) is 0 Å². The minimum absolute atomic E-state index is 0.0241. The van der Waals surface area contributed by atoms with Gasteiger partial charge in [-0.1, -0.05) is 97.1 Å². The first-order valence-electron chi connectivity index (χ1n) is 21.9. The molecule has 0 unspecified atom stereocenters. The summed E-state index contributed by atoms with van der Waals surface area (Å²) in [7, 11) is 0. The molecule has 2 atom stereocenters. The number of hydrogen-bond acceptors (Lipinski definition) is 4. The van der Waals surface area contributed by atoms with Gasteiger partial charge in [-0.2, -0.15) is 0 Å². The first-order chi connectivity index (χ1) is 31.5. The van der Waals surface area contributed by atoms with Crippen molar-refractivity contribution in [2.75, 3.05) is 0 Å². The van der Waals surface area contributed by atoms with Crippen LogP contribution in [-0.2, 0) is 0 Å². The third-order valence-corrected chi connectivity index (χ3v) is 12.4. The van der Waals surface area contributed by atoms with Crippen LogP contribution in [0.5, 0.6) is 23.0 Å². The number of phenolic OH excluding ortho intramolecular Hbond substituents is 2. The van der Waals surface area contributed by atoms with Gasteiger partial charge in [-0.3, -0.25) is 0 Å². The number of benzene rings is 10. The third-order valence-electron chi connectivity index (χ3n) is 12.4. The van der Waals surface area contributed by atoms with Gasteiger partial charge in [0.1, 0.15) is 34.6 Å². The Hall–Kier alpha value is -7.70. The first-order valence-corrected chi connectivity index (χ1v) is 21.9. The van der Waals surface area contributed by atoms with Gasteiger partial charge in [0.2, 0.25) is 0 Å². The molecule has 0 aliphatic heterocycles. The zero-order valence-electron chi connectivity index (χ0n) is 36.5. The summed E-state index contributed by atoms with van der Waals surface area (Å²) in [6.45, 7) is 7.74. The number of ether oxygens (including phenoxy) is 2. The van der Waals surface area contributed by atoms with Crippen LogP contribution in [0.1, 0.15) is 31.4 Å². The van der Waals surface area contributed by atoms with Crippen LogP contribution < -0.4 is 9.47 Å². The standard InChI is InChI=1S/C59H46F2O4/c1-34-25-52(48-30-38-13-5-7-15-42(38)44-17-9-11-19-46(44)48)58(62)54(27-34)50-32-40(60)21-23-56(50)64-36(3)29-37(4)65-57-24-22-41(61)33-51(57)55-28-35(2)26-53(59(55)63)49-31-39-14-6-8-16-43(39)45-18-10-12-20-47(45)49/h5-28,30-33,36-37,62-63H,29H2,1-4H3/t36-,37+. The molecule has 0 spiro atoms. The van der Waals surface area contributed by atoms with Crippen LogP contribution in [0.15, 0.2) is 170 Å². The molecule has 0 amide bonds. The number of halogens is 2. The van der Waals surface area contributed by atoms with Crippen LogP contribution in [0.3, 0.4) is 0 Å². The Morgan fingerprint density at radius 3 is 1.12 bits per heavy atom. The van der Waals surface area contributed by atoms with Crippen molar-refractivity contribution in [1.29, 1.82) is 0 Å². The van der Waals surface area contributed by atoms with E-state index >= 15 is 8.78 Å². The van der Waals surface area contributed by atoms with E-state index in [1.807, 2.05) is 100 Å². The largest absolute Gasteiger partial charge is 0.507 e. The molecular formula is C59H46F2O4. The summed E-state index contributed by atoms with van der Waals surface area (Å²) >= 11 is 0. The molecule has 0 aromatic heterocycles. The minimum atomic E-state index is -0.462. The lowest BCUT2D eigenvalue weighted by Crippen LogP contribution is -2.23. The van der Waals surface area contributed by atoms with Crippen molar-refractivity contribution in [1.82, 2.24) is 0 Å². The van der Waals surface area contributed by atoms with Crippen LogP contribution in [0.4, 0.5) is 8.78 Å². The molecule has 0 heterocycles. The van der Waals surface area contributed by atoms with Crippen molar-refractivity contribution in [2.45, 2.75) is 46.3 Å². The lowest BCUT2D eigenvalue weighted by atomic mass is 9.89. The molecule has 0 aliphatic rings. The average molecular weight is 857 g/mol. The second-order valence-electron chi connectivity index (χ2n) is 17.2. The van der Waals surface area contributed by atoms with Crippen molar-refractivity contribution >= 4 is 43.1 Å². The second-order valence-corrected chi connectivity index (χ2v) is 17.2. The van der Waals surface area contributed by atoms with Crippen LogP contribution in [0.2, 0.25) is 0 Å². The number of aromatic hydroxyl groups is 2. The van der Waals surface area contributed by atoms with Crippen molar-refractivity contribution in [3.05, 3.63) is 193 Å². The van der Waals surface area contributed by atoms with Crippen molar-refractivity contribution in [3.63, 3.8) is 0 Å². The van der Waals surface area contributed by atoms with E-state index in [9.17, 15) is 10.2 Å². The van der Waals surface area contributed by atoms with Crippen LogP contribution in [-0.4, -0.2) is 22.4 Å². The SMILES string of the molecule is Cc1cc(-c2cc(F)ccc2O[C@H](C)C[C@H](C)Oc2ccc(F)cc2-c2cc(C)cc(-c3cc4ccccc4c4ccccc34)c2O)c(O)c(-c2cc3ccccc3c3ccccc23)c1. The highest BCUT2D eigenvalue weighted by Gasteiger charge is 2.23. The highest BCUT2D eigenvalue weighted by atomic mass is 19.1. The summed E-state index contributed by atoms with van der Waals surface area (Å²) in [6, 6.07) is 53.2. The monoisotopic (exact) mass is 856 g/mol. The summed E-state index contributed by atoms with van der Waals surface area (Å²) < 4.78 is 43.5. The molecule has 0 bridgehead atoms. The summed E-state index contributed by atoms with van der Waals surface area (Å²) in [5, 5.41) is 32.7. The fraction of sp³-hybridized carbons (Fsp3) is 0.119. The molecule has 0 radical (unpaired) electrons. The first kappa shape index (κ1) is 41.3. The van der Waals surface area contributed by atoms with Gasteiger partial charge in [0.15, 0.2) is 0 Å². The molecule has 2 N–H and O–H groups in total. The lowest BCUT2D eigenvalue weighted by molar-refractivity contribution is 0.131. The molecule has 0 fully saturated rings. The number of aryl methyl sites for hydroxylation is 2. The fourth-order valence-corrected chi connectivity index (χ4v) is 9.56. The van der Waals surface area contributed by atoms with Crippen molar-refractivity contribution < 1.29 is 28.5 Å². The predicted octanol–water partition coefficient (Wildman–Crippen LogP) is 15.9. The predicted molar refractivity (Wildman–Crippen MR) is 262 cm³/mol. The normalized spacial score (nSPS) is 12.5. The average Bonchev–Trinajstić information content (AvgIpc) is 3.31. The van der Waals surface area contributed by atoms with Gasteiger partial charge in [-0.15, -0.1) is 0 Å². The topological polar surface area (TPSA) is 58.9 Å². The Bertz CT molecular complexity index is 3250. The van der Waals surface area contributed by atoms with Crippen molar-refractivity contribution in [3.8, 4) is 67.5 Å². The van der Waals surface area contributed by atoms with E-state index in [2.05, 4.69) is 60.7 Å². The molecule has 0 saturated carbocycles. The highest BCUT2D eigenvalue weighted by molar-refractivity contribution is 6.16. The Labute approximate surface area is 376 Å². The maximum Gasteiger partial charge on any atom is 0.131 e. The van der Waals surface area contributed by atoms with E-state index < -0.39 is 23.8 Å². The summed E-state index contributed by atoms with van der Waals surface area (Å²) in [4.78, 5) is 0. The van der Waals surface area contributed by atoms with Gasteiger partial charge in [0.05, 0.1) is 12.2 Å². The number of rotatable bonds is 10. The molecule has 10 aromatic rings. The second kappa shape index (κ2) is 16.8. The molecule has 65 heavy (non-hydrogen) atoms. The zero-order valence-corrected chi connectivity index (χ0v) is 36.5. The van der Waals surface area contributed by atoms with Gasteiger partial charge in [-0.05, 0) is 166 Å². The number of phenols is 2. The Kier molecular flexibility index (Phi) is 10.7. The van der Waals surface area contributed by atoms with E-state index in [-0.39, 0.29) is 11.5 Å². The van der Waals surface area contributed by atoms with E-state index in [0.717, 1.165) is 65.3 Å². The Morgan fingerprint density at radius 2 is 0.723 bits per heavy atom. The molecule has 0 saturated heterocycles. The van der Waals surface area contributed by atoms with E-state index in [1.54, 1.807) is 12.1 Å². The fourth-order valence-electron chi connectivity index (χ4n) is 9.56. The lowest BCUT2D eigenvalue weighted by Gasteiger charge is -2.24. The van der Waals surface area contributed by atoms with Gasteiger partial charge in [-0.25, -0.2) is 8.78 Å². The maximum atomic E-state index is 15.2. The summed E-state index contributed by atoms with van der Waals surface area (Å²) in [5.74, 6) is -0.0671. The van der Waals surface area contributed by atoms with Gasteiger partial charge < -0.3 is 19.7 Å². The molecule has 0 aliphatic carbocycles. The molecule has 6 heteroatoms. The number of fused-ring (bicyclic) bond motifs is 6. The molecule has 10 aromatic carbocycles. The van der Waals surface area contributed by atoms with Crippen LogP contribution in [0.25, 0.3) is 87.6 Å². The van der Waals surface area contributed by atoms with Gasteiger partial charge in [0, 0.05) is 39.8 Å². The van der Waals surface area contributed by atoms with Gasteiger partial charge >= 0.3 is 0 Å². The van der Waals surface area contributed by atoms with E-state index in [4.69, 9.17) is 9.47 Å². The molecular weight excluding hydrogens is 811 g/mol. The molecule has 10 rings (SSSR count). The van der Waals surface area contributed by atoms with Crippen molar-refractivity contribution in [2.24, 2.45) is 0 Å². The Morgan fingerprint density at radius 1 is 0.385 bits per heavy atom. The van der Waals surface area contributed by atoms with E-state index in [0.29, 0.717) is 51.3 Å². The quantitative estimate of drug-likeness (QED) is 0.135. The number of hydrogen-bond donors (Lipinski definition) is 2. The maximum absolute atomic E-state index is 15.2. The summed E-state index contributed by atoms with van der Waals surface area (Å²) in [5.41, 5.74) is 6.55. The zero-order chi connectivity index (χ0) is 44.9. The molecule has 320 valence electrons. The smallest absolute Gasteiger partial charge is 0.131 e. The van der Waals surface area contributed by atoms with Crippen LogP contribution in [0, 0.1) is 25.5 Å². The molecule has 4 nitrogen and oxygen atoms in total. The van der Waals surface area contributed by atoms with E-state index in [1.165, 1.54) is 24.3 Å². The Balaban J connectivity index is 0.952. The third kappa shape index (κ3) is 7.76.